The van der Waals surface area contributed by atoms with Gasteiger partial charge in [-0.1, -0.05) is 134 Å². The van der Waals surface area contributed by atoms with E-state index in [9.17, 15) is 9.59 Å². The molecular weight excluding hydrogens is 645 g/mol. The van der Waals surface area contributed by atoms with E-state index in [2.05, 4.69) is 111 Å². The van der Waals surface area contributed by atoms with Gasteiger partial charge in [0.1, 0.15) is 0 Å². The standard InChI is InChI=1S/2C23H29NO2/c2*1-16-11-13-18(14-12-16)23(5)19(21(25)24-22(2,3)4)20(23)26-15-17-9-7-6-8-10-17/h2*6-14,19-20H,15H2,1-5H3,(H,24,25)/t2*19-,20+,23+/m11/s1. The molecule has 0 heterocycles. The number of ether oxygens (including phenoxy) is 2. The number of nitrogens with one attached hydrogen (secondary N) is 2. The van der Waals surface area contributed by atoms with Gasteiger partial charge in [0.05, 0.1) is 37.3 Å². The Morgan fingerprint density at radius 2 is 0.846 bits per heavy atom. The Balaban J connectivity index is 0.000000201. The van der Waals surface area contributed by atoms with Crippen molar-refractivity contribution < 1.29 is 19.1 Å². The van der Waals surface area contributed by atoms with Crippen LogP contribution in [0.1, 0.15) is 88.8 Å². The Bertz CT molecular complexity index is 1660. The van der Waals surface area contributed by atoms with E-state index in [1.807, 2.05) is 77.9 Å². The summed E-state index contributed by atoms with van der Waals surface area (Å²) in [7, 11) is 0. The van der Waals surface area contributed by atoms with Crippen molar-refractivity contribution >= 4 is 11.8 Å². The summed E-state index contributed by atoms with van der Waals surface area (Å²) < 4.78 is 12.5. The summed E-state index contributed by atoms with van der Waals surface area (Å²) in [5, 5.41) is 6.25. The fourth-order valence-electron chi connectivity index (χ4n) is 7.23. The molecule has 0 bridgehead atoms. The smallest absolute Gasteiger partial charge is 0.227 e. The summed E-state index contributed by atoms with van der Waals surface area (Å²) in [5.41, 5.74) is 5.92. The van der Waals surface area contributed by atoms with Gasteiger partial charge in [0, 0.05) is 21.9 Å². The van der Waals surface area contributed by atoms with Crippen LogP contribution in [0.2, 0.25) is 0 Å². The van der Waals surface area contributed by atoms with E-state index in [1.165, 1.54) is 11.1 Å². The highest BCUT2D eigenvalue weighted by atomic mass is 16.5. The van der Waals surface area contributed by atoms with Crippen molar-refractivity contribution in [3.05, 3.63) is 143 Å². The second-order valence-electron chi connectivity index (χ2n) is 17.2. The number of benzene rings is 4. The van der Waals surface area contributed by atoms with Crippen LogP contribution >= 0.6 is 0 Å². The van der Waals surface area contributed by atoms with E-state index in [0.717, 1.165) is 22.3 Å². The monoisotopic (exact) mass is 702 g/mol. The molecule has 6 rings (SSSR count). The molecule has 52 heavy (non-hydrogen) atoms. The first-order valence-corrected chi connectivity index (χ1v) is 18.5. The third-order valence-corrected chi connectivity index (χ3v) is 10.3. The highest BCUT2D eigenvalue weighted by molar-refractivity contribution is 5.87. The SMILES string of the molecule is Cc1ccc([C@]2(C)[C@@H](OCc3ccccc3)[C@@H]2C(=O)NC(C)(C)C)cc1.Cc1ccc([C@]2(C)[C@@H](OCc3ccccc3)[C@@H]2C(=O)NC(C)(C)C)cc1. The Morgan fingerprint density at radius 1 is 0.538 bits per heavy atom. The normalized spacial score (nSPS) is 25.0. The molecule has 2 N–H and O–H groups in total. The second kappa shape index (κ2) is 15.4. The highest BCUT2D eigenvalue weighted by Gasteiger charge is 2.68. The van der Waals surface area contributed by atoms with E-state index in [0.29, 0.717) is 13.2 Å². The maximum Gasteiger partial charge on any atom is 0.227 e. The molecular formula is C46H58N2O4. The van der Waals surface area contributed by atoms with Crippen molar-refractivity contribution in [2.24, 2.45) is 11.8 Å². The molecule has 2 amide bonds. The quantitative estimate of drug-likeness (QED) is 0.173. The molecule has 4 aromatic carbocycles. The summed E-state index contributed by atoms with van der Waals surface area (Å²) in [4.78, 5) is 25.8. The first-order chi connectivity index (χ1) is 24.4. The molecule has 276 valence electrons. The van der Waals surface area contributed by atoms with E-state index in [1.54, 1.807) is 0 Å². The van der Waals surface area contributed by atoms with Gasteiger partial charge < -0.3 is 20.1 Å². The highest BCUT2D eigenvalue weighted by Crippen LogP contribution is 2.57. The van der Waals surface area contributed by atoms with Crippen LogP contribution in [0.4, 0.5) is 0 Å². The molecule has 2 fully saturated rings. The fourth-order valence-corrected chi connectivity index (χ4v) is 7.23. The zero-order valence-corrected chi connectivity index (χ0v) is 32.7. The molecule has 0 aromatic heterocycles. The van der Waals surface area contributed by atoms with Crippen LogP contribution in [-0.2, 0) is 43.1 Å². The topological polar surface area (TPSA) is 76.7 Å². The van der Waals surface area contributed by atoms with Gasteiger partial charge in [-0.05, 0) is 77.6 Å². The third-order valence-electron chi connectivity index (χ3n) is 10.3. The second-order valence-corrected chi connectivity index (χ2v) is 17.2. The lowest BCUT2D eigenvalue weighted by Gasteiger charge is -2.21. The largest absolute Gasteiger partial charge is 0.372 e. The van der Waals surface area contributed by atoms with Crippen molar-refractivity contribution in [2.75, 3.05) is 0 Å². The number of carbonyl (C=O) groups is 2. The summed E-state index contributed by atoms with van der Waals surface area (Å²) in [6.45, 7) is 21.5. The Labute approximate surface area is 311 Å². The van der Waals surface area contributed by atoms with Crippen LogP contribution in [0.3, 0.4) is 0 Å². The third kappa shape index (κ3) is 9.20. The predicted molar refractivity (Wildman–Crippen MR) is 210 cm³/mol. The lowest BCUT2D eigenvalue weighted by atomic mass is 9.94. The molecule has 6 heteroatoms. The summed E-state index contributed by atoms with van der Waals surface area (Å²) >= 11 is 0. The van der Waals surface area contributed by atoms with Crippen molar-refractivity contribution in [2.45, 2.75) is 117 Å². The molecule has 6 nitrogen and oxygen atoms in total. The lowest BCUT2D eigenvalue weighted by molar-refractivity contribution is -0.126. The van der Waals surface area contributed by atoms with Crippen molar-refractivity contribution in [3.63, 3.8) is 0 Å². The van der Waals surface area contributed by atoms with Crippen molar-refractivity contribution in [1.29, 1.82) is 0 Å². The van der Waals surface area contributed by atoms with Gasteiger partial charge in [-0.25, -0.2) is 0 Å². The van der Waals surface area contributed by atoms with Crippen LogP contribution in [0.5, 0.6) is 0 Å². The predicted octanol–water partition coefficient (Wildman–Crippen LogP) is 8.77. The average molecular weight is 703 g/mol. The minimum atomic E-state index is -0.294. The molecule has 0 unspecified atom stereocenters. The van der Waals surface area contributed by atoms with E-state index >= 15 is 0 Å². The number of aryl methyl sites for hydroxylation is 2. The summed E-state index contributed by atoms with van der Waals surface area (Å²) in [5.74, 6) is -0.210. The molecule has 6 atom stereocenters. The zero-order chi connectivity index (χ0) is 37.9. The van der Waals surface area contributed by atoms with E-state index in [4.69, 9.17) is 9.47 Å². The minimum Gasteiger partial charge on any atom is -0.372 e. The van der Waals surface area contributed by atoms with Crippen LogP contribution in [-0.4, -0.2) is 35.1 Å². The minimum absolute atomic E-state index is 0.0682. The Kier molecular flexibility index (Phi) is 11.5. The average Bonchev–Trinajstić information content (AvgIpc) is 3.91. The number of hydrogen-bond acceptors (Lipinski definition) is 4. The molecule has 0 spiro atoms. The van der Waals surface area contributed by atoms with E-state index < -0.39 is 0 Å². The van der Waals surface area contributed by atoms with Gasteiger partial charge in [-0.2, -0.15) is 0 Å². The summed E-state index contributed by atoms with van der Waals surface area (Å²) in [6, 6.07) is 37.1. The maximum absolute atomic E-state index is 12.9. The molecule has 2 saturated carbocycles. The van der Waals surface area contributed by atoms with Crippen molar-refractivity contribution in [1.82, 2.24) is 10.6 Å². The van der Waals surface area contributed by atoms with Gasteiger partial charge in [0.25, 0.3) is 0 Å². The Morgan fingerprint density at radius 3 is 1.13 bits per heavy atom. The fraction of sp³-hybridized carbons (Fsp3) is 0.435. The lowest BCUT2D eigenvalue weighted by Crippen LogP contribution is -2.42. The summed E-state index contributed by atoms with van der Waals surface area (Å²) in [6.07, 6.45) is -0.236. The van der Waals surface area contributed by atoms with Crippen molar-refractivity contribution in [3.8, 4) is 0 Å². The molecule has 4 aromatic rings. The molecule has 0 radical (unpaired) electrons. The van der Waals surface area contributed by atoms with Crippen LogP contribution in [0.15, 0.2) is 109 Å². The molecule has 2 aliphatic rings. The van der Waals surface area contributed by atoms with Gasteiger partial charge in [-0.15, -0.1) is 0 Å². The Hall–Kier alpha value is -4.26. The van der Waals surface area contributed by atoms with Gasteiger partial charge in [0.15, 0.2) is 0 Å². The zero-order valence-electron chi connectivity index (χ0n) is 32.7. The first kappa shape index (κ1) is 39.0. The van der Waals surface area contributed by atoms with Crippen LogP contribution in [0.25, 0.3) is 0 Å². The van der Waals surface area contributed by atoms with Gasteiger partial charge in [-0.3, -0.25) is 9.59 Å². The number of hydrogen-bond donors (Lipinski definition) is 2. The van der Waals surface area contributed by atoms with Crippen LogP contribution in [0, 0.1) is 25.7 Å². The molecule has 0 saturated heterocycles. The number of rotatable bonds is 10. The van der Waals surface area contributed by atoms with Crippen LogP contribution < -0.4 is 10.6 Å². The number of amides is 2. The first-order valence-electron chi connectivity index (χ1n) is 18.5. The van der Waals surface area contributed by atoms with E-state index in [-0.39, 0.29) is 57.8 Å². The maximum atomic E-state index is 12.9. The van der Waals surface area contributed by atoms with Gasteiger partial charge in [0.2, 0.25) is 11.8 Å². The number of carbonyl (C=O) groups excluding carboxylic acids is 2. The van der Waals surface area contributed by atoms with Gasteiger partial charge >= 0.3 is 0 Å². The molecule has 2 aliphatic carbocycles. The molecule has 0 aliphatic heterocycles.